The third-order valence-corrected chi connectivity index (χ3v) is 3.77. The highest BCUT2D eigenvalue weighted by Crippen LogP contribution is 2.26. The average Bonchev–Trinajstić information content (AvgIpc) is 2.78. The van der Waals surface area contributed by atoms with Gasteiger partial charge >= 0.3 is 0 Å². The van der Waals surface area contributed by atoms with Gasteiger partial charge in [-0.2, -0.15) is 0 Å². The lowest BCUT2D eigenvalue weighted by Gasteiger charge is -2.18. The molecule has 0 fully saturated rings. The lowest BCUT2D eigenvalue weighted by atomic mass is 10.0. The molecule has 1 heterocycles. The normalized spacial score (nSPS) is 12.6. The second kappa shape index (κ2) is 6.12. The van der Waals surface area contributed by atoms with Crippen molar-refractivity contribution in [3.8, 4) is 0 Å². The average molecular weight is 263 g/mol. The van der Waals surface area contributed by atoms with E-state index in [1.807, 2.05) is 12.1 Å². The molecule has 1 nitrogen and oxygen atoms in total. The van der Waals surface area contributed by atoms with Gasteiger partial charge in [-0.3, -0.25) is 0 Å². The van der Waals surface area contributed by atoms with E-state index in [1.54, 1.807) is 11.3 Å². The van der Waals surface area contributed by atoms with Gasteiger partial charge in [-0.25, -0.2) is 4.39 Å². The predicted octanol–water partition coefficient (Wildman–Crippen LogP) is 4.28. The molecule has 2 aromatic rings. The molecule has 3 heteroatoms. The quantitative estimate of drug-likeness (QED) is 0.848. The van der Waals surface area contributed by atoms with Gasteiger partial charge in [0.25, 0.3) is 0 Å². The second-order valence-electron chi connectivity index (χ2n) is 4.43. The Morgan fingerprint density at radius 2 is 1.94 bits per heavy atom. The van der Waals surface area contributed by atoms with Crippen LogP contribution < -0.4 is 5.32 Å². The lowest BCUT2D eigenvalue weighted by molar-refractivity contribution is 0.594. The maximum atomic E-state index is 13.0. The molecular weight excluding hydrogens is 245 g/mol. The van der Waals surface area contributed by atoms with Crippen LogP contribution in [-0.2, 0) is 0 Å². The van der Waals surface area contributed by atoms with Crippen LogP contribution in [0.5, 0.6) is 0 Å². The summed E-state index contributed by atoms with van der Waals surface area (Å²) in [5.41, 5.74) is 2.38. The molecule has 96 valence electrons. The number of benzene rings is 1. The topological polar surface area (TPSA) is 12.0 Å². The van der Waals surface area contributed by atoms with Gasteiger partial charge in [0.2, 0.25) is 0 Å². The van der Waals surface area contributed by atoms with Crippen LogP contribution in [0.1, 0.15) is 35.4 Å². The third-order valence-electron chi connectivity index (χ3n) is 2.89. The molecule has 2 rings (SSSR count). The largest absolute Gasteiger partial charge is 0.306 e. The fraction of sp³-hybridized carbons (Fsp3) is 0.333. The van der Waals surface area contributed by atoms with Crippen LogP contribution in [-0.4, -0.2) is 6.54 Å². The number of halogens is 1. The first-order valence-corrected chi connectivity index (χ1v) is 7.12. The van der Waals surface area contributed by atoms with E-state index in [4.69, 9.17) is 0 Å². The van der Waals surface area contributed by atoms with Crippen LogP contribution in [0.3, 0.4) is 0 Å². The molecule has 0 saturated carbocycles. The third kappa shape index (κ3) is 3.18. The molecule has 1 aromatic carbocycles. The maximum absolute atomic E-state index is 13.0. The van der Waals surface area contributed by atoms with Crippen LogP contribution in [0.2, 0.25) is 0 Å². The summed E-state index contributed by atoms with van der Waals surface area (Å²) in [7, 11) is 0. The predicted molar refractivity (Wildman–Crippen MR) is 75.6 cm³/mol. The Bertz CT molecular complexity index is 489. The van der Waals surface area contributed by atoms with E-state index >= 15 is 0 Å². The van der Waals surface area contributed by atoms with Crippen LogP contribution in [0.4, 0.5) is 4.39 Å². The highest BCUT2D eigenvalue weighted by molar-refractivity contribution is 7.10. The molecule has 0 saturated heterocycles. The fourth-order valence-electron chi connectivity index (χ4n) is 1.99. The van der Waals surface area contributed by atoms with E-state index < -0.39 is 0 Å². The Balaban J connectivity index is 2.27. The Kier molecular flexibility index (Phi) is 4.50. The summed E-state index contributed by atoms with van der Waals surface area (Å²) in [6.07, 6.45) is 1.08. The first kappa shape index (κ1) is 13.2. The highest BCUT2D eigenvalue weighted by Gasteiger charge is 2.14. The summed E-state index contributed by atoms with van der Waals surface area (Å²) < 4.78 is 13.0. The number of aryl methyl sites for hydroxylation is 1. The van der Waals surface area contributed by atoms with Crippen molar-refractivity contribution in [2.45, 2.75) is 26.3 Å². The summed E-state index contributed by atoms with van der Waals surface area (Å²) in [4.78, 5) is 1.30. The Hall–Kier alpha value is -1.19. The molecule has 1 aromatic heterocycles. The number of hydrogen-bond acceptors (Lipinski definition) is 2. The van der Waals surface area contributed by atoms with Crippen molar-refractivity contribution in [1.82, 2.24) is 5.32 Å². The van der Waals surface area contributed by atoms with Gasteiger partial charge in [0.1, 0.15) is 5.82 Å². The molecule has 18 heavy (non-hydrogen) atoms. The zero-order chi connectivity index (χ0) is 13.0. The van der Waals surface area contributed by atoms with E-state index in [1.165, 1.54) is 22.6 Å². The highest BCUT2D eigenvalue weighted by atomic mass is 32.1. The SMILES string of the molecule is CCCNC(c1ccc(F)cc1)c1csc(C)c1. The van der Waals surface area contributed by atoms with Crippen LogP contribution in [0.15, 0.2) is 35.7 Å². The van der Waals surface area contributed by atoms with Crippen LogP contribution in [0, 0.1) is 12.7 Å². The lowest BCUT2D eigenvalue weighted by Crippen LogP contribution is -2.22. The van der Waals surface area contributed by atoms with Crippen molar-refractivity contribution in [2.75, 3.05) is 6.54 Å². The monoisotopic (exact) mass is 263 g/mol. The van der Waals surface area contributed by atoms with Crippen molar-refractivity contribution >= 4 is 11.3 Å². The van der Waals surface area contributed by atoms with Crippen LogP contribution >= 0.6 is 11.3 Å². The van der Waals surface area contributed by atoms with E-state index in [-0.39, 0.29) is 11.9 Å². The van der Waals surface area contributed by atoms with Gasteiger partial charge in [-0.1, -0.05) is 19.1 Å². The molecule has 0 aliphatic heterocycles. The summed E-state index contributed by atoms with van der Waals surface area (Å²) in [5, 5.41) is 5.69. The number of hydrogen-bond donors (Lipinski definition) is 1. The first-order valence-electron chi connectivity index (χ1n) is 6.24. The molecule has 0 spiro atoms. The molecule has 0 aliphatic rings. The van der Waals surface area contributed by atoms with E-state index in [2.05, 4.69) is 30.6 Å². The van der Waals surface area contributed by atoms with Gasteiger partial charge < -0.3 is 5.32 Å². The van der Waals surface area contributed by atoms with Gasteiger partial charge in [0, 0.05) is 4.88 Å². The standard InChI is InChI=1S/C15H18FNS/c1-3-8-17-15(13-9-11(2)18-10-13)12-4-6-14(16)7-5-12/h4-7,9-10,15,17H,3,8H2,1-2H3. The van der Waals surface area contributed by atoms with Gasteiger partial charge in [0.15, 0.2) is 0 Å². The minimum Gasteiger partial charge on any atom is -0.306 e. The van der Waals surface area contributed by atoms with E-state index in [9.17, 15) is 4.39 Å². The molecule has 0 bridgehead atoms. The number of nitrogens with one attached hydrogen (secondary N) is 1. The molecule has 1 unspecified atom stereocenters. The van der Waals surface area contributed by atoms with E-state index in [0.717, 1.165) is 18.5 Å². The molecular formula is C15H18FNS. The molecule has 1 N–H and O–H groups in total. The summed E-state index contributed by atoms with van der Waals surface area (Å²) in [5.74, 6) is -0.186. The van der Waals surface area contributed by atoms with E-state index in [0.29, 0.717) is 0 Å². The smallest absolute Gasteiger partial charge is 0.123 e. The molecule has 0 amide bonds. The summed E-state index contributed by atoms with van der Waals surface area (Å²) >= 11 is 1.75. The van der Waals surface area contributed by atoms with Gasteiger partial charge in [-0.15, -0.1) is 11.3 Å². The van der Waals surface area contributed by atoms with Gasteiger partial charge in [-0.05, 0) is 54.6 Å². The minimum absolute atomic E-state index is 0.162. The second-order valence-corrected chi connectivity index (χ2v) is 5.54. The molecule has 0 aliphatic carbocycles. The summed E-state index contributed by atoms with van der Waals surface area (Å²) in [6.45, 7) is 5.21. The van der Waals surface area contributed by atoms with Crippen molar-refractivity contribution < 1.29 is 4.39 Å². The zero-order valence-electron chi connectivity index (χ0n) is 10.7. The minimum atomic E-state index is -0.186. The van der Waals surface area contributed by atoms with Crippen molar-refractivity contribution in [2.24, 2.45) is 0 Å². The molecule has 0 radical (unpaired) electrons. The van der Waals surface area contributed by atoms with Crippen molar-refractivity contribution in [3.05, 3.63) is 57.5 Å². The van der Waals surface area contributed by atoms with Crippen molar-refractivity contribution in [3.63, 3.8) is 0 Å². The van der Waals surface area contributed by atoms with Gasteiger partial charge in [0.05, 0.1) is 6.04 Å². The molecule has 1 atom stereocenters. The van der Waals surface area contributed by atoms with Crippen LogP contribution in [0.25, 0.3) is 0 Å². The zero-order valence-corrected chi connectivity index (χ0v) is 11.6. The summed E-state index contributed by atoms with van der Waals surface area (Å²) in [6, 6.07) is 9.12. The maximum Gasteiger partial charge on any atom is 0.123 e. The Morgan fingerprint density at radius 1 is 1.22 bits per heavy atom. The Morgan fingerprint density at radius 3 is 2.50 bits per heavy atom. The number of rotatable bonds is 5. The van der Waals surface area contributed by atoms with Crippen molar-refractivity contribution in [1.29, 1.82) is 0 Å². The fourth-order valence-corrected chi connectivity index (χ4v) is 2.72. The first-order chi connectivity index (χ1) is 8.70. The Labute approximate surface area is 112 Å². The number of thiophene rings is 1.